The van der Waals surface area contributed by atoms with E-state index >= 15 is 0 Å². The molecule has 0 aliphatic carbocycles. The molecule has 1 aromatic rings. The van der Waals surface area contributed by atoms with Crippen molar-refractivity contribution < 1.29 is 24.1 Å². The number of hydrogen-bond donors (Lipinski definition) is 2. The molecule has 1 rings (SSSR count). The van der Waals surface area contributed by atoms with Gasteiger partial charge in [0.1, 0.15) is 0 Å². The van der Waals surface area contributed by atoms with Crippen molar-refractivity contribution in [1.82, 2.24) is 0 Å². The number of aryl methyl sites for hydroxylation is 2. The molecule has 94 valence electrons. The van der Waals surface area contributed by atoms with E-state index < -0.39 is 11.8 Å². The number of carboxylic acid groups (broad SMARTS) is 1. The average Bonchev–Trinajstić information content (AvgIpc) is 2.26. The number of carbonyl (C=O) groups is 1. The zero-order chi connectivity index (χ0) is 13.0. The lowest BCUT2D eigenvalue weighted by Crippen LogP contribution is -2.00. The van der Waals surface area contributed by atoms with E-state index in [2.05, 4.69) is 0 Å². The predicted octanol–water partition coefficient (Wildman–Crippen LogP) is 2.26. The van der Waals surface area contributed by atoms with Gasteiger partial charge in [-0.3, -0.25) is 4.79 Å². The first-order valence-corrected chi connectivity index (χ1v) is 5.24. The summed E-state index contributed by atoms with van der Waals surface area (Å²) in [5.74, 6) is -1.93. The maximum Gasteiger partial charge on any atom is 0.303 e. The number of hydrogen-bond acceptors (Lipinski definition) is 3. The number of ether oxygens (including phenoxy) is 1. The first-order chi connectivity index (χ1) is 7.97. The Morgan fingerprint density at radius 3 is 2.71 bits per heavy atom. The van der Waals surface area contributed by atoms with Gasteiger partial charge >= 0.3 is 5.97 Å². The van der Waals surface area contributed by atoms with Gasteiger partial charge in [0.05, 0.1) is 7.11 Å². The van der Waals surface area contributed by atoms with E-state index in [4.69, 9.17) is 9.84 Å². The van der Waals surface area contributed by atoms with E-state index in [0.717, 1.165) is 0 Å². The molecule has 0 unspecified atom stereocenters. The number of phenolic OH excluding ortho intramolecular Hbond substituents is 1. The number of halogens is 1. The van der Waals surface area contributed by atoms with E-state index in [1.807, 2.05) is 0 Å². The molecule has 0 aromatic heterocycles. The van der Waals surface area contributed by atoms with Gasteiger partial charge in [0.2, 0.25) is 0 Å². The highest BCUT2D eigenvalue weighted by Gasteiger charge is 2.16. The van der Waals surface area contributed by atoms with Gasteiger partial charge in [0.15, 0.2) is 17.3 Å². The second kappa shape index (κ2) is 5.52. The van der Waals surface area contributed by atoms with Gasteiger partial charge in [0, 0.05) is 6.42 Å². The number of aromatic hydroxyl groups is 1. The largest absolute Gasteiger partial charge is 0.504 e. The molecule has 0 radical (unpaired) electrons. The predicted molar refractivity (Wildman–Crippen MR) is 59.9 cm³/mol. The van der Waals surface area contributed by atoms with Gasteiger partial charge in [-0.15, -0.1) is 0 Å². The van der Waals surface area contributed by atoms with Crippen molar-refractivity contribution in [2.75, 3.05) is 7.11 Å². The molecule has 0 amide bonds. The first-order valence-electron chi connectivity index (χ1n) is 5.24. The molecule has 1 aromatic carbocycles. The molecule has 2 N–H and O–H groups in total. The molecule has 0 saturated heterocycles. The van der Waals surface area contributed by atoms with Gasteiger partial charge in [0.25, 0.3) is 0 Å². The maximum atomic E-state index is 13.8. The molecular weight excluding hydrogens is 227 g/mol. The molecule has 0 aliphatic heterocycles. The molecule has 0 saturated carbocycles. The summed E-state index contributed by atoms with van der Waals surface area (Å²) in [5.41, 5.74) is 0.868. The zero-order valence-electron chi connectivity index (χ0n) is 9.79. The summed E-state index contributed by atoms with van der Waals surface area (Å²) in [6, 6.07) is 1.51. The Morgan fingerprint density at radius 1 is 1.53 bits per heavy atom. The summed E-state index contributed by atoms with van der Waals surface area (Å²) in [5, 5.41) is 18.1. The van der Waals surface area contributed by atoms with Crippen LogP contribution in [0.25, 0.3) is 0 Å². The Balaban J connectivity index is 2.93. The van der Waals surface area contributed by atoms with E-state index in [9.17, 15) is 14.3 Å². The van der Waals surface area contributed by atoms with Crippen LogP contribution in [-0.2, 0) is 11.2 Å². The Hall–Kier alpha value is -1.78. The van der Waals surface area contributed by atoms with Crippen LogP contribution in [0.4, 0.5) is 4.39 Å². The number of rotatable bonds is 5. The monoisotopic (exact) mass is 242 g/mol. The topological polar surface area (TPSA) is 66.8 Å². The molecule has 0 fully saturated rings. The van der Waals surface area contributed by atoms with Crippen molar-refractivity contribution in [3.8, 4) is 11.5 Å². The summed E-state index contributed by atoms with van der Waals surface area (Å²) in [7, 11) is 1.28. The highest BCUT2D eigenvalue weighted by atomic mass is 19.1. The summed E-state index contributed by atoms with van der Waals surface area (Å²) in [6.45, 7) is 1.64. The highest BCUT2D eigenvalue weighted by molar-refractivity contribution is 5.66. The second-order valence-electron chi connectivity index (χ2n) is 3.80. The lowest BCUT2D eigenvalue weighted by Gasteiger charge is -2.11. The molecule has 0 atom stereocenters. The molecule has 17 heavy (non-hydrogen) atoms. The zero-order valence-corrected chi connectivity index (χ0v) is 9.79. The fourth-order valence-electron chi connectivity index (χ4n) is 1.62. The lowest BCUT2D eigenvalue weighted by molar-refractivity contribution is -0.137. The van der Waals surface area contributed by atoms with E-state index in [-0.39, 0.29) is 17.9 Å². The number of carboxylic acids is 1. The standard InChI is InChI=1S/C12H15FO4/c1-7-6-8(4-3-5-9(14)15)10(13)12(17-2)11(7)16/h6,16H,3-5H2,1-2H3,(H,14,15). The van der Waals surface area contributed by atoms with E-state index in [1.54, 1.807) is 6.92 Å². The molecule has 5 heteroatoms. The highest BCUT2D eigenvalue weighted by Crippen LogP contribution is 2.35. The summed E-state index contributed by atoms with van der Waals surface area (Å²) < 4.78 is 18.6. The summed E-state index contributed by atoms with van der Waals surface area (Å²) in [6.07, 6.45) is 0.636. The van der Waals surface area contributed by atoms with Crippen LogP contribution >= 0.6 is 0 Å². The third kappa shape index (κ3) is 3.09. The van der Waals surface area contributed by atoms with Crippen LogP contribution in [0.3, 0.4) is 0 Å². The minimum atomic E-state index is -0.909. The molecular formula is C12H15FO4. The van der Waals surface area contributed by atoms with Gasteiger partial charge < -0.3 is 14.9 Å². The SMILES string of the molecule is COc1c(O)c(C)cc(CCCC(=O)O)c1F. The van der Waals surface area contributed by atoms with Crippen LogP contribution in [-0.4, -0.2) is 23.3 Å². The Morgan fingerprint density at radius 2 is 2.18 bits per heavy atom. The maximum absolute atomic E-state index is 13.8. The fraction of sp³-hybridized carbons (Fsp3) is 0.417. The van der Waals surface area contributed by atoms with Gasteiger partial charge in [-0.2, -0.15) is 0 Å². The molecule has 0 heterocycles. The van der Waals surface area contributed by atoms with Gasteiger partial charge in [-0.1, -0.05) is 0 Å². The van der Waals surface area contributed by atoms with Crippen LogP contribution in [0, 0.1) is 12.7 Å². The number of phenols is 1. The number of benzene rings is 1. The van der Waals surface area contributed by atoms with Crippen molar-refractivity contribution in [3.63, 3.8) is 0 Å². The Labute approximate surface area is 98.7 Å². The Bertz CT molecular complexity index is 429. The lowest BCUT2D eigenvalue weighted by atomic mass is 10.0. The smallest absolute Gasteiger partial charge is 0.303 e. The first kappa shape index (κ1) is 13.3. The van der Waals surface area contributed by atoms with E-state index in [0.29, 0.717) is 24.0 Å². The second-order valence-corrected chi connectivity index (χ2v) is 3.80. The van der Waals surface area contributed by atoms with Gasteiger partial charge in [-0.05, 0) is 37.0 Å². The molecule has 0 bridgehead atoms. The average molecular weight is 242 g/mol. The summed E-state index contributed by atoms with van der Waals surface area (Å²) >= 11 is 0. The normalized spacial score (nSPS) is 10.3. The van der Waals surface area contributed by atoms with Crippen LogP contribution in [0.15, 0.2) is 6.07 Å². The Kier molecular flexibility index (Phi) is 4.31. The molecule has 4 nitrogen and oxygen atoms in total. The van der Waals surface area contributed by atoms with Crippen LogP contribution in [0.5, 0.6) is 11.5 Å². The number of aliphatic carboxylic acids is 1. The quantitative estimate of drug-likeness (QED) is 0.831. The molecule has 0 aliphatic rings. The van der Waals surface area contributed by atoms with Crippen molar-refractivity contribution >= 4 is 5.97 Å². The minimum Gasteiger partial charge on any atom is -0.504 e. The minimum absolute atomic E-state index is 0.0122. The van der Waals surface area contributed by atoms with E-state index in [1.165, 1.54) is 13.2 Å². The third-order valence-corrected chi connectivity index (χ3v) is 2.50. The molecule has 0 spiro atoms. The van der Waals surface area contributed by atoms with Crippen LogP contribution in [0.2, 0.25) is 0 Å². The third-order valence-electron chi connectivity index (χ3n) is 2.50. The van der Waals surface area contributed by atoms with Crippen molar-refractivity contribution in [2.24, 2.45) is 0 Å². The summed E-state index contributed by atoms with van der Waals surface area (Å²) in [4.78, 5) is 10.4. The van der Waals surface area contributed by atoms with Crippen LogP contribution in [0.1, 0.15) is 24.0 Å². The van der Waals surface area contributed by atoms with Crippen molar-refractivity contribution in [1.29, 1.82) is 0 Å². The van der Waals surface area contributed by atoms with Crippen molar-refractivity contribution in [3.05, 3.63) is 23.0 Å². The number of methoxy groups -OCH3 is 1. The fourth-order valence-corrected chi connectivity index (χ4v) is 1.62. The van der Waals surface area contributed by atoms with Gasteiger partial charge in [-0.25, -0.2) is 4.39 Å². The van der Waals surface area contributed by atoms with Crippen molar-refractivity contribution in [2.45, 2.75) is 26.2 Å². The van der Waals surface area contributed by atoms with Crippen LogP contribution < -0.4 is 4.74 Å².